The molecular weight excluding hydrogens is 236 g/mol. The smallest absolute Gasteiger partial charge is 0.219 e. The van der Waals surface area contributed by atoms with Gasteiger partial charge in [-0.05, 0) is 22.5 Å². The minimum atomic E-state index is -1.75. The Hall–Kier alpha value is -0.263. The van der Waals surface area contributed by atoms with Gasteiger partial charge in [-0.25, -0.2) is 0 Å². The Kier molecular flexibility index (Phi) is 6.36. The fourth-order valence-corrected chi connectivity index (χ4v) is 7.93. The molecule has 0 unspecified atom stereocenters. The summed E-state index contributed by atoms with van der Waals surface area (Å²) in [4.78, 5) is 11.2. The highest BCUT2D eigenvalue weighted by Gasteiger charge is 2.41. The van der Waals surface area contributed by atoms with Gasteiger partial charge in [0.2, 0.25) is 5.78 Å². The maximum Gasteiger partial charge on any atom is 0.219 e. The summed E-state index contributed by atoms with van der Waals surface area (Å²) >= 11 is 5.48. The highest BCUT2D eigenvalue weighted by atomic mass is 35.5. The van der Waals surface area contributed by atoms with Crippen LogP contribution in [-0.4, -0.2) is 19.7 Å². The summed E-state index contributed by atoms with van der Waals surface area (Å²) in [6.07, 6.45) is 0. The second-order valence-corrected chi connectivity index (χ2v) is 11.1. The van der Waals surface area contributed by atoms with E-state index in [0.717, 1.165) is 0 Å². The highest BCUT2D eigenvalue weighted by molar-refractivity contribution is 6.90. The number of carbonyl (C=O) groups excluding carboxylic acids is 1. The van der Waals surface area contributed by atoms with Gasteiger partial charge in [-0.2, -0.15) is 0 Å². The molecule has 0 aliphatic carbocycles. The molecule has 0 atom stereocenters. The van der Waals surface area contributed by atoms with Crippen molar-refractivity contribution in [1.29, 1.82) is 0 Å². The second-order valence-electron chi connectivity index (χ2n) is 5.20. The van der Waals surface area contributed by atoms with Crippen molar-refractivity contribution >= 4 is 25.5 Å². The molecule has 0 bridgehead atoms. The lowest BCUT2D eigenvalue weighted by Gasteiger charge is -2.37. The highest BCUT2D eigenvalue weighted by Crippen LogP contribution is 2.40. The third-order valence-electron chi connectivity index (χ3n) is 3.41. The van der Waals surface area contributed by atoms with E-state index in [1.165, 1.54) is 0 Å². The lowest BCUT2D eigenvalue weighted by molar-refractivity contribution is -0.111. The molecule has 92 valence electrons. The zero-order valence-electron chi connectivity index (χ0n) is 11.2. The van der Waals surface area contributed by atoms with Crippen LogP contribution in [0, 0.1) is 11.5 Å². The Morgan fingerprint density at radius 3 is 1.69 bits per heavy atom. The molecule has 0 heterocycles. The van der Waals surface area contributed by atoms with Gasteiger partial charge in [-0.1, -0.05) is 41.5 Å². The van der Waals surface area contributed by atoms with Crippen molar-refractivity contribution in [3.05, 3.63) is 0 Å². The molecule has 0 aliphatic heterocycles. The molecule has 0 fully saturated rings. The van der Waals surface area contributed by atoms with Crippen molar-refractivity contribution in [1.82, 2.24) is 0 Å². The normalized spacial score (nSPS) is 11.9. The number of carbonyl (C=O) groups is 1. The molecule has 0 aromatic rings. The predicted molar refractivity (Wildman–Crippen MR) is 74.6 cm³/mol. The van der Waals surface area contributed by atoms with Crippen LogP contribution in [0.2, 0.25) is 16.6 Å². The van der Waals surface area contributed by atoms with Gasteiger partial charge in [-0.3, -0.25) is 4.79 Å². The summed E-state index contributed by atoms with van der Waals surface area (Å²) in [5.41, 5.74) is 5.01. The van der Waals surface area contributed by atoms with E-state index in [-0.39, 0.29) is 11.7 Å². The average molecular weight is 259 g/mol. The monoisotopic (exact) mass is 258 g/mol. The van der Waals surface area contributed by atoms with Crippen LogP contribution in [-0.2, 0) is 4.79 Å². The van der Waals surface area contributed by atoms with E-state index in [9.17, 15) is 4.79 Å². The Bertz CT molecular complexity index is 275. The lowest BCUT2D eigenvalue weighted by Crippen LogP contribution is -2.43. The third kappa shape index (κ3) is 3.36. The van der Waals surface area contributed by atoms with Crippen LogP contribution < -0.4 is 0 Å². The number of hydrogen-bond acceptors (Lipinski definition) is 1. The maximum absolute atomic E-state index is 11.2. The summed E-state index contributed by atoms with van der Waals surface area (Å²) in [6, 6.07) is 0. The number of halogens is 1. The molecule has 0 saturated heterocycles. The van der Waals surface area contributed by atoms with Crippen LogP contribution in [0.1, 0.15) is 41.5 Å². The minimum Gasteiger partial charge on any atom is -0.284 e. The van der Waals surface area contributed by atoms with Gasteiger partial charge in [0.25, 0.3) is 0 Å². The van der Waals surface area contributed by atoms with E-state index in [4.69, 9.17) is 11.6 Å². The van der Waals surface area contributed by atoms with Gasteiger partial charge in [0, 0.05) is 0 Å². The number of Topliss-reactive ketones (excluding diaryl/α,β-unsaturated/α-hetero) is 1. The van der Waals surface area contributed by atoms with Gasteiger partial charge >= 0.3 is 0 Å². The molecule has 1 nitrogen and oxygen atoms in total. The molecule has 0 aromatic heterocycles. The van der Waals surface area contributed by atoms with Crippen LogP contribution >= 0.6 is 11.6 Å². The SMILES string of the molecule is CC(C)[Si](C#CC(=O)CCl)(C(C)C)C(C)C. The van der Waals surface area contributed by atoms with Crippen molar-refractivity contribution < 1.29 is 4.79 Å². The van der Waals surface area contributed by atoms with E-state index >= 15 is 0 Å². The van der Waals surface area contributed by atoms with Gasteiger partial charge < -0.3 is 0 Å². The number of rotatable bonds is 4. The molecule has 0 saturated carbocycles. The Morgan fingerprint density at radius 1 is 1.06 bits per heavy atom. The number of alkyl halides is 1. The standard InChI is InChI=1S/C13H23ClOSi/c1-10(2)16(11(3)4,12(5)6)8-7-13(15)9-14/h10-12H,9H2,1-6H3. The molecule has 0 spiro atoms. The van der Waals surface area contributed by atoms with Gasteiger partial charge in [0.15, 0.2) is 0 Å². The first kappa shape index (κ1) is 15.7. The van der Waals surface area contributed by atoms with E-state index < -0.39 is 8.07 Å². The molecule has 16 heavy (non-hydrogen) atoms. The van der Waals surface area contributed by atoms with Crippen LogP contribution in [0.5, 0.6) is 0 Å². The van der Waals surface area contributed by atoms with Gasteiger partial charge in [0.05, 0.1) is 5.88 Å². The molecule has 0 aliphatic rings. The fourth-order valence-electron chi connectivity index (χ4n) is 2.64. The molecule has 0 radical (unpaired) electrons. The first-order valence-corrected chi connectivity index (χ1v) is 8.67. The van der Waals surface area contributed by atoms with E-state index in [2.05, 4.69) is 53.0 Å². The third-order valence-corrected chi connectivity index (χ3v) is 9.94. The summed E-state index contributed by atoms with van der Waals surface area (Å²) in [5, 5.41) is 0. The Labute approximate surface area is 106 Å². The Balaban J connectivity index is 5.35. The van der Waals surface area contributed by atoms with Crippen molar-refractivity contribution in [2.45, 2.75) is 58.2 Å². The summed E-state index contributed by atoms with van der Waals surface area (Å²) in [7, 11) is -1.75. The first-order valence-electron chi connectivity index (χ1n) is 5.91. The van der Waals surface area contributed by atoms with Crippen molar-refractivity contribution in [2.75, 3.05) is 5.88 Å². The average Bonchev–Trinajstić information content (AvgIpc) is 2.16. The number of ketones is 1. The predicted octanol–water partition coefficient (Wildman–Crippen LogP) is 4.02. The number of hydrogen-bond donors (Lipinski definition) is 0. The molecule has 0 aromatic carbocycles. The fraction of sp³-hybridized carbons (Fsp3) is 0.769. The summed E-state index contributed by atoms with van der Waals surface area (Å²) < 4.78 is 0. The maximum atomic E-state index is 11.2. The van der Waals surface area contributed by atoms with Gasteiger partial charge in [-0.15, -0.1) is 17.1 Å². The van der Waals surface area contributed by atoms with Crippen LogP contribution in [0.4, 0.5) is 0 Å². The van der Waals surface area contributed by atoms with E-state index in [1.54, 1.807) is 0 Å². The Morgan fingerprint density at radius 2 is 1.44 bits per heavy atom. The lowest BCUT2D eigenvalue weighted by atomic mass is 10.5. The van der Waals surface area contributed by atoms with Crippen molar-refractivity contribution in [2.24, 2.45) is 0 Å². The molecule has 3 heteroatoms. The van der Waals surface area contributed by atoms with E-state index in [0.29, 0.717) is 16.6 Å². The van der Waals surface area contributed by atoms with Crippen LogP contribution in [0.3, 0.4) is 0 Å². The topological polar surface area (TPSA) is 17.1 Å². The second kappa shape index (κ2) is 6.47. The quantitative estimate of drug-likeness (QED) is 0.423. The van der Waals surface area contributed by atoms with Gasteiger partial charge in [0.1, 0.15) is 8.07 Å². The van der Waals surface area contributed by atoms with Crippen LogP contribution in [0.15, 0.2) is 0 Å². The summed E-state index contributed by atoms with van der Waals surface area (Å²) in [6.45, 7) is 13.4. The molecular formula is C13H23ClOSi. The van der Waals surface area contributed by atoms with Crippen molar-refractivity contribution in [3.8, 4) is 11.5 Å². The zero-order valence-corrected chi connectivity index (χ0v) is 13.0. The molecule has 0 amide bonds. The van der Waals surface area contributed by atoms with E-state index in [1.807, 2.05) is 0 Å². The van der Waals surface area contributed by atoms with Crippen LogP contribution in [0.25, 0.3) is 0 Å². The molecule has 0 rings (SSSR count). The summed E-state index contributed by atoms with van der Waals surface area (Å²) in [5.74, 6) is 2.61. The largest absolute Gasteiger partial charge is 0.284 e. The minimum absolute atomic E-state index is 0.00572. The first-order chi connectivity index (χ1) is 7.28. The molecule has 0 N–H and O–H groups in total. The zero-order chi connectivity index (χ0) is 12.9. The van der Waals surface area contributed by atoms with Crippen molar-refractivity contribution in [3.63, 3.8) is 0 Å².